The smallest absolute Gasteiger partial charge is 0.325 e. The molecule has 0 saturated carbocycles. The van der Waals surface area contributed by atoms with Crippen molar-refractivity contribution in [2.45, 2.75) is 19.0 Å². The number of rotatable bonds is 5. The van der Waals surface area contributed by atoms with E-state index in [2.05, 4.69) is 37.6 Å². The molecule has 158 valence electrons. The number of nitrogens with zero attached hydrogens (tertiary/aromatic N) is 3. The first-order valence-electron chi connectivity index (χ1n) is 9.80. The highest BCUT2D eigenvalue weighted by atomic mass is 79.9. The van der Waals surface area contributed by atoms with Crippen LogP contribution in [0.2, 0.25) is 0 Å². The zero-order valence-electron chi connectivity index (χ0n) is 16.6. The molecule has 4 amide bonds. The number of thiophene rings is 1. The minimum atomic E-state index is -1.20. The Hall–Kier alpha value is -2.23. The number of piperazine rings is 1. The van der Waals surface area contributed by atoms with E-state index in [0.717, 1.165) is 29.0 Å². The van der Waals surface area contributed by atoms with E-state index in [4.69, 9.17) is 0 Å². The lowest BCUT2D eigenvalue weighted by Gasteiger charge is -2.35. The number of halogens is 1. The summed E-state index contributed by atoms with van der Waals surface area (Å²) < 4.78 is 0.733. The third-order valence-electron chi connectivity index (χ3n) is 5.67. The van der Waals surface area contributed by atoms with Crippen LogP contribution in [0, 0.1) is 0 Å². The summed E-state index contributed by atoms with van der Waals surface area (Å²) >= 11 is 5.18. The van der Waals surface area contributed by atoms with Crippen molar-refractivity contribution >= 4 is 45.1 Å². The maximum atomic E-state index is 13.1. The van der Waals surface area contributed by atoms with Crippen LogP contribution >= 0.6 is 27.3 Å². The number of urea groups is 1. The number of carbonyl (C=O) groups excluding carboxylic acids is 3. The van der Waals surface area contributed by atoms with Gasteiger partial charge in [-0.3, -0.25) is 19.4 Å². The first-order chi connectivity index (χ1) is 14.4. The minimum Gasteiger partial charge on any atom is -0.339 e. The zero-order valence-corrected chi connectivity index (χ0v) is 19.0. The quantitative estimate of drug-likeness (QED) is 0.653. The number of hydrogen-bond acceptors (Lipinski definition) is 5. The van der Waals surface area contributed by atoms with E-state index in [1.165, 1.54) is 4.88 Å². The Balaban J connectivity index is 1.37. The molecule has 1 atom stereocenters. The third-order valence-corrected chi connectivity index (χ3v) is 7.22. The number of nitrogens with one attached hydrogen (secondary N) is 1. The largest absolute Gasteiger partial charge is 0.339 e. The Morgan fingerprint density at radius 2 is 1.87 bits per heavy atom. The summed E-state index contributed by atoms with van der Waals surface area (Å²) in [6.07, 6.45) is 0. The molecule has 2 aromatic rings. The van der Waals surface area contributed by atoms with Gasteiger partial charge in [0.15, 0.2) is 0 Å². The van der Waals surface area contributed by atoms with Crippen LogP contribution in [0.5, 0.6) is 0 Å². The molecule has 0 aliphatic carbocycles. The van der Waals surface area contributed by atoms with Gasteiger partial charge in [0, 0.05) is 47.6 Å². The molecule has 1 N–H and O–H groups in total. The molecular weight excluding hydrogens is 468 g/mol. The molecule has 2 aliphatic rings. The monoisotopic (exact) mass is 490 g/mol. The third kappa shape index (κ3) is 4.01. The highest BCUT2D eigenvalue weighted by Gasteiger charge is 2.50. The standard InChI is InChI=1S/C21H23BrN4O3S/c1-21(16-6-2-3-7-17(16)22)19(28)26(20(29)23-21)14-18(27)25-10-8-24(9-11-25)13-15-5-4-12-30-15/h2-7,12H,8-11,13-14H2,1H3,(H,23,29). The van der Waals surface area contributed by atoms with Crippen LogP contribution < -0.4 is 5.32 Å². The summed E-state index contributed by atoms with van der Waals surface area (Å²) in [5, 5.41) is 4.82. The van der Waals surface area contributed by atoms with Crippen molar-refractivity contribution in [3.05, 3.63) is 56.7 Å². The van der Waals surface area contributed by atoms with Gasteiger partial charge in [0.05, 0.1) is 0 Å². The van der Waals surface area contributed by atoms with Gasteiger partial charge in [0.25, 0.3) is 5.91 Å². The fraction of sp³-hybridized carbons (Fsp3) is 0.381. The topological polar surface area (TPSA) is 73.0 Å². The fourth-order valence-corrected chi connectivity index (χ4v) is 5.33. The number of imide groups is 1. The van der Waals surface area contributed by atoms with Crippen molar-refractivity contribution in [1.82, 2.24) is 20.0 Å². The Bertz CT molecular complexity index is 959. The lowest BCUT2D eigenvalue weighted by atomic mass is 9.92. The molecular formula is C21H23BrN4O3S. The van der Waals surface area contributed by atoms with Gasteiger partial charge in [-0.15, -0.1) is 11.3 Å². The maximum absolute atomic E-state index is 13.1. The minimum absolute atomic E-state index is 0.203. The Morgan fingerprint density at radius 1 is 1.13 bits per heavy atom. The van der Waals surface area contributed by atoms with Crippen molar-refractivity contribution in [3.8, 4) is 0 Å². The van der Waals surface area contributed by atoms with Crippen LogP contribution in [-0.4, -0.2) is 65.3 Å². The molecule has 1 aromatic heterocycles. The number of hydrogen-bond donors (Lipinski definition) is 1. The molecule has 3 heterocycles. The molecule has 9 heteroatoms. The summed E-state index contributed by atoms with van der Waals surface area (Å²) in [6.45, 7) is 5.05. The van der Waals surface area contributed by atoms with Crippen LogP contribution in [0.1, 0.15) is 17.4 Å². The molecule has 2 aliphatic heterocycles. The predicted molar refractivity (Wildman–Crippen MR) is 118 cm³/mol. The van der Waals surface area contributed by atoms with E-state index in [-0.39, 0.29) is 12.5 Å². The second-order valence-corrected chi connectivity index (χ2v) is 9.55. The Morgan fingerprint density at radius 3 is 2.53 bits per heavy atom. The second kappa shape index (κ2) is 8.49. The van der Waals surface area contributed by atoms with Crippen molar-refractivity contribution in [2.75, 3.05) is 32.7 Å². The van der Waals surface area contributed by atoms with Gasteiger partial charge >= 0.3 is 6.03 Å². The van der Waals surface area contributed by atoms with Crippen LogP contribution in [0.15, 0.2) is 46.3 Å². The summed E-state index contributed by atoms with van der Waals surface area (Å²) in [5.41, 5.74) is -0.530. The highest BCUT2D eigenvalue weighted by Crippen LogP contribution is 2.33. The van der Waals surface area contributed by atoms with Crippen LogP contribution in [0.3, 0.4) is 0 Å². The Labute approximate surface area is 187 Å². The number of amides is 4. The van der Waals surface area contributed by atoms with Crippen molar-refractivity contribution in [3.63, 3.8) is 0 Å². The van der Waals surface area contributed by atoms with Gasteiger partial charge in [-0.25, -0.2) is 4.79 Å². The maximum Gasteiger partial charge on any atom is 0.325 e. The first kappa shape index (κ1) is 21.0. The predicted octanol–water partition coefficient (Wildman–Crippen LogP) is 2.62. The summed E-state index contributed by atoms with van der Waals surface area (Å²) in [7, 11) is 0. The average molecular weight is 491 g/mol. The molecule has 0 spiro atoms. The molecule has 0 radical (unpaired) electrons. The molecule has 7 nitrogen and oxygen atoms in total. The normalized spacial score (nSPS) is 22.5. The summed E-state index contributed by atoms with van der Waals surface area (Å²) in [4.78, 5) is 44.8. The van der Waals surface area contributed by atoms with Gasteiger partial charge in [-0.2, -0.15) is 0 Å². The van der Waals surface area contributed by atoms with Crippen LogP contribution in [-0.2, 0) is 21.7 Å². The van der Waals surface area contributed by atoms with Gasteiger partial charge in [0.1, 0.15) is 12.1 Å². The molecule has 1 unspecified atom stereocenters. The van der Waals surface area contributed by atoms with Gasteiger partial charge in [-0.1, -0.05) is 40.2 Å². The second-order valence-electron chi connectivity index (χ2n) is 7.66. The average Bonchev–Trinajstić information content (AvgIpc) is 3.31. The fourth-order valence-electron chi connectivity index (χ4n) is 3.90. The Kier molecular flexibility index (Phi) is 5.95. The molecule has 0 bridgehead atoms. The highest BCUT2D eigenvalue weighted by molar-refractivity contribution is 9.10. The first-order valence-corrected chi connectivity index (χ1v) is 11.5. The van der Waals surface area contributed by atoms with E-state index in [9.17, 15) is 14.4 Å². The SMILES string of the molecule is CC1(c2ccccc2Br)NC(=O)N(CC(=O)N2CCN(Cc3cccs3)CC2)C1=O. The van der Waals surface area contributed by atoms with E-state index in [0.29, 0.717) is 18.7 Å². The molecule has 1 aromatic carbocycles. The number of benzene rings is 1. The number of carbonyl (C=O) groups is 3. The van der Waals surface area contributed by atoms with Gasteiger partial charge in [-0.05, 0) is 24.4 Å². The van der Waals surface area contributed by atoms with E-state index in [1.807, 2.05) is 24.3 Å². The molecule has 2 saturated heterocycles. The van der Waals surface area contributed by atoms with Crippen molar-refractivity contribution < 1.29 is 14.4 Å². The molecule has 2 fully saturated rings. The van der Waals surface area contributed by atoms with Crippen LogP contribution in [0.25, 0.3) is 0 Å². The van der Waals surface area contributed by atoms with Gasteiger partial charge in [0.2, 0.25) is 5.91 Å². The lowest BCUT2D eigenvalue weighted by Crippen LogP contribution is -2.51. The van der Waals surface area contributed by atoms with Crippen LogP contribution in [0.4, 0.5) is 4.79 Å². The van der Waals surface area contributed by atoms with E-state index >= 15 is 0 Å². The molecule has 30 heavy (non-hydrogen) atoms. The van der Waals surface area contributed by atoms with Crippen molar-refractivity contribution in [2.24, 2.45) is 0 Å². The lowest BCUT2D eigenvalue weighted by molar-refractivity contribution is -0.140. The van der Waals surface area contributed by atoms with E-state index < -0.39 is 17.5 Å². The van der Waals surface area contributed by atoms with Crippen molar-refractivity contribution in [1.29, 1.82) is 0 Å². The van der Waals surface area contributed by atoms with Gasteiger partial charge < -0.3 is 10.2 Å². The molecule has 4 rings (SSSR count). The summed E-state index contributed by atoms with van der Waals surface area (Å²) in [6, 6.07) is 10.9. The zero-order chi connectivity index (χ0) is 21.3. The summed E-state index contributed by atoms with van der Waals surface area (Å²) in [5.74, 6) is -0.616. The van der Waals surface area contributed by atoms with E-state index in [1.54, 1.807) is 29.2 Å².